The van der Waals surface area contributed by atoms with Crippen LogP contribution in [0.2, 0.25) is 0 Å². The fourth-order valence-electron chi connectivity index (χ4n) is 2.46. The third-order valence-electron chi connectivity index (χ3n) is 3.78. The Morgan fingerprint density at radius 1 is 1.08 bits per heavy atom. The van der Waals surface area contributed by atoms with E-state index in [1.807, 2.05) is 12.1 Å². The number of methoxy groups -OCH3 is 1. The normalized spacial score (nSPS) is 11.2. The lowest BCUT2D eigenvalue weighted by molar-refractivity contribution is -0.137. The lowest BCUT2D eigenvalue weighted by Crippen LogP contribution is -2.10. The van der Waals surface area contributed by atoms with Crippen LogP contribution < -0.4 is 10.1 Å². The van der Waals surface area contributed by atoms with Crippen molar-refractivity contribution in [3.8, 4) is 17.0 Å². The van der Waals surface area contributed by atoms with E-state index in [0.29, 0.717) is 17.8 Å². The lowest BCUT2D eigenvalue weighted by atomic mass is 10.1. The predicted octanol–water partition coefficient (Wildman–Crippen LogP) is 4.78. The molecule has 26 heavy (non-hydrogen) atoms. The Bertz CT molecular complexity index is 865. The average Bonchev–Trinajstić information content (AvgIpc) is 2.66. The van der Waals surface area contributed by atoms with E-state index < -0.39 is 11.7 Å². The maximum Gasteiger partial charge on any atom is 0.418 e. The van der Waals surface area contributed by atoms with Gasteiger partial charge in [-0.05, 0) is 35.9 Å². The Morgan fingerprint density at radius 3 is 2.46 bits per heavy atom. The van der Waals surface area contributed by atoms with Gasteiger partial charge in [-0.3, -0.25) is 9.97 Å². The first-order valence-electron chi connectivity index (χ1n) is 7.82. The van der Waals surface area contributed by atoms with Gasteiger partial charge in [-0.1, -0.05) is 12.1 Å². The maximum atomic E-state index is 13.5. The number of pyridine rings is 2. The minimum Gasteiger partial charge on any atom is -0.497 e. The number of halogens is 3. The monoisotopic (exact) mass is 359 g/mol. The van der Waals surface area contributed by atoms with Crippen LogP contribution in [0.5, 0.6) is 5.75 Å². The van der Waals surface area contributed by atoms with Crippen LogP contribution in [0.15, 0.2) is 61.1 Å². The molecule has 0 saturated heterocycles. The molecule has 1 N–H and O–H groups in total. The third-order valence-corrected chi connectivity index (χ3v) is 3.78. The Kier molecular flexibility index (Phi) is 5.06. The van der Waals surface area contributed by atoms with Crippen molar-refractivity contribution >= 4 is 5.69 Å². The zero-order chi connectivity index (χ0) is 18.6. The molecule has 0 aliphatic carbocycles. The van der Waals surface area contributed by atoms with E-state index in [-0.39, 0.29) is 5.69 Å². The molecule has 4 nitrogen and oxygen atoms in total. The first kappa shape index (κ1) is 17.7. The van der Waals surface area contributed by atoms with Gasteiger partial charge in [-0.25, -0.2) is 0 Å². The number of alkyl halides is 3. The van der Waals surface area contributed by atoms with E-state index in [1.54, 1.807) is 31.4 Å². The highest BCUT2D eigenvalue weighted by molar-refractivity contribution is 5.65. The van der Waals surface area contributed by atoms with Crippen molar-refractivity contribution in [2.24, 2.45) is 0 Å². The van der Waals surface area contributed by atoms with Gasteiger partial charge < -0.3 is 10.1 Å². The van der Waals surface area contributed by atoms with Crippen LogP contribution in [0.3, 0.4) is 0 Å². The van der Waals surface area contributed by atoms with Gasteiger partial charge in [0.25, 0.3) is 0 Å². The topological polar surface area (TPSA) is 47.0 Å². The number of anilines is 1. The molecule has 0 aliphatic heterocycles. The number of benzene rings is 1. The number of nitrogens with one attached hydrogen (secondary N) is 1. The maximum absolute atomic E-state index is 13.5. The summed E-state index contributed by atoms with van der Waals surface area (Å²) in [6.45, 7) is 0.370. The van der Waals surface area contributed by atoms with E-state index in [0.717, 1.165) is 17.4 Å². The minimum absolute atomic E-state index is 0.138. The molecule has 0 unspecified atom stereocenters. The van der Waals surface area contributed by atoms with E-state index in [9.17, 15) is 13.2 Å². The lowest BCUT2D eigenvalue weighted by Gasteiger charge is -2.14. The predicted molar refractivity (Wildman–Crippen MR) is 92.8 cm³/mol. The van der Waals surface area contributed by atoms with Crippen LogP contribution in [0, 0.1) is 0 Å². The van der Waals surface area contributed by atoms with E-state index in [2.05, 4.69) is 15.3 Å². The minimum atomic E-state index is -4.52. The Labute approximate surface area is 148 Å². The second-order valence-electron chi connectivity index (χ2n) is 5.56. The molecule has 0 aliphatic rings. The molecule has 3 rings (SSSR count). The molecule has 0 atom stereocenters. The smallest absolute Gasteiger partial charge is 0.418 e. The molecule has 7 heteroatoms. The standard InChI is InChI=1S/C19H16F3N3O/c1-26-16-6-4-13(5-7-16)10-24-15-9-17(19(20,21)22)18(25-12-15)14-3-2-8-23-11-14/h2-9,11-12,24H,10H2,1H3. The molecule has 0 bridgehead atoms. The van der Waals surface area contributed by atoms with Crippen molar-refractivity contribution in [2.45, 2.75) is 12.7 Å². The summed E-state index contributed by atoms with van der Waals surface area (Å²) in [6, 6.07) is 11.5. The van der Waals surface area contributed by atoms with Gasteiger partial charge in [-0.2, -0.15) is 13.2 Å². The number of nitrogens with zero attached hydrogens (tertiary/aromatic N) is 2. The van der Waals surface area contributed by atoms with E-state index in [4.69, 9.17) is 4.74 Å². The van der Waals surface area contributed by atoms with Crippen molar-refractivity contribution in [2.75, 3.05) is 12.4 Å². The third kappa shape index (κ3) is 4.11. The fourth-order valence-corrected chi connectivity index (χ4v) is 2.46. The molecule has 2 heterocycles. The van der Waals surface area contributed by atoms with Crippen LogP contribution in [0.25, 0.3) is 11.3 Å². The molecule has 0 radical (unpaired) electrons. The Balaban J connectivity index is 1.84. The zero-order valence-electron chi connectivity index (χ0n) is 13.9. The van der Waals surface area contributed by atoms with Crippen molar-refractivity contribution in [3.05, 3.63) is 72.2 Å². The SMILES string of the molecule is COc1ccc(CNc2cnc(-c3cccnc3)c(C(F)(F)F)c2)cc1. The van der Waals surface area contributed by atoms with Crippen molar-refractivity contribution in [1.29, 1.82) is 0 Å². The zero-order valence-corrected chi connectivity index (χ0v) is 13.9. The summed E-state index contributed by atoms with van der Waals surface area (Å²) >= 11 is 0. The van der Waals surface area contributed by atoms with Gasteiger partial charge in [0.15, 0.2) is 0 Å². The summed E-state index contributed by atoms with van der Waals surface area (Å²) in [7, 11) is 1.57. The number of ether oxygens (including phenoxy) is 1. The highest BCUT2D eigenvalue weighted by atomic mass is 19.4. The van der Waals surface area contributed by atoms with Crippen LogP contribution in [-0.2, 0) is 12.7 Å². The molecule has 0 spiro atoms. The van der Waals surface area contributed by atoms with Crippen LogP contribution in [-0.4, -0.2) is 17.1 Å². The van der Waals surface area contributed by atoms with Gasteiger partial charge in [0.2, 0.25) is 0 Å². The molecule has 3 aromatic rings. The Hall–Kier alpha value is -3.09. The van der Waals surface area contributed by atoms with Gasteiger partial charge in [0, 0.05) is 24.5 Å². The number of rotatable bonds is 5. The first-order chi connectivity index (χ1) is 12.5. The van der Waals surface area contributed by atoms with Crippen molar-refractivity contribution in [3.63, 3.8) is 0 Å². The van der Waals surface area contributed by atoms with Crippen LogP contribution in [0.4, 0.5) is 18.9 Å². The summed E-state index contributed by atoms with van der Waals surface area (Å²) in [5, 5.41) is 2.97. The van der Waals surface area contributed by atoms with Gasteiger partial charge >= 0.3 is 6.18 Å². The molecule has 0 saturated carbocycles. The molecule has 134 valence electrons. The highest BCUT2D eigenvalue weighted by Gasteiger charge is 2.35. The molecule has 2 aromatic heterocycles. The summed E-state index contributed by atoms with van der Waals surface area (Å²) in [6.07, 6.45) is -0.263. The number of hydrogen-bond donors (Lipinski definition) is 1. The van der Waals surface area contributed by atoms with Crippen molar-refractivity contribution in [1.82, 2.24) is 9.97 Å². The highest BCUT2D eigenvalue weighted by Crippen LogP contribution is 2.37. The van der Waals surface area contributed by atoms with E-state index in [1.165, 1.54) is 18.6 Å². The molecule has 0 fully saturated rings. The molecular weight excluding hydrogens is 343 g/mol. The quantitative estimate of drug-likeness (QED) is 0.712. The number of aromatic nitrogens is 2. The largest absolute Gasteiger partial charge is 0.497 e. The summed E-state index contributed by atoms with van der Waals surface area (Å²) in [5.74, 6) is 0.718. The molecular formula is C19H16F3N3O. The van der Waals surface area contributed by atoms with Crippen LogP contribution in [0.1, 0.15) is 11.1 Å². The summed E-state index contributed by atoms with van der Waals surface area (Å²) < 4.78 is 45.5. The van der Waals surface area contributed by atoms with Gasteiger partial charge in [0.05, 0.1) is 30.3 Å². The Morgan fingerprint density at radius 2 is 1.85 bits per heavy atom. The molecule has 0 amide bonds. The summed E-state index contributed by atoms with van der Waals surface area (Å²) in [5.41, 5.74) is 0.587. The fraction of sp³-hybridized carbons (Fsp3) is 0.158. The second kappa shape index (κ2) is 7.43. The second-order valence-corrected chi connectivity index (χ2v) is 5.56. The van der Waals surface area contributed by atoms with Gasteiger partial charge in [0.1, 0.15) is 5.75 Å². The summed E-state index contributed by atoms with van der Waals surface area (Å²) in [4.78, 5) is 7.88. The first-order valence-corrected chi connectivity index (χ1v) is 7.82. The average molecular weight is 359 g/mol. The number of hydrogen-bond acceptors (Lipinski definition) is 4. The van der Waals surface area contributed by atoms with Crippen molar-refractivity contribution < 1.29 is 17.9 Å². The molecule has 1 aromatic carbocycles. The van der Waals surface area contributed by atoms with E-state index >= 15 is 0 Å². The van der Waals surface area contributed by atoms with Gasteiger partial charge in [-0.15, -0.1) is 0 Å². The van der Waals surface area contributed by atoms with Crippen LogP contribution >= 0.6 is 0 Å².